The first-order valence-electron chi connectivity index (χ1n) is 15.4. The highest BCUT2D eigenvalue weighted by molar-refractivity contribution is 5.75. The Hall–Kier alpha value is -1.79. The molecule has 39 heavy (non-hydrogen) atoms. The van der Waals surface area contributed by atoms with Gasteiger partial charge in [0.15, 0.2) is 11.5 Å². The standard InChI is InChI=1S/C33H51NO5/c1-20(6-11-30(37)34-19-21-7-10-28(38-4)29(16-21)39-5)24-8-9-25-31-26(13-15-33(24,25)3)32(2)14-12-23(35)17-22(32)18-27(31)36/h7,10,16,20,22-27,31,35-36H,6,8-9,11-15,17-19H2,1-5H3,(H,34,37)/t20-,22-,23-,24+,25-,26-,27+,31+,32+,33-/m1/s1. The van der Waals surface area contributed by atoms with Crippen LogP contribution in [-0.4, -0.2) is 42.5 Å². The van der Waals surface area contributed by atoms with Gasteiger partial charge < -0.3 is 25.0 Å². The Morgan fingerprint density at radius 3 is 2.46 bits per heavy atom. The number of carbonyl (C=O) groups is 1. The van der Waals surface area contributed by atoms with Gasteiger partial charge in [0.25, 0.3) is 0 Å². The van der Waals surface area contributed by atoms with Crippen LogP contribution in [0.15, 0.2) is 18.2 Å². The molecule has 4 aliphatic carbocycles. The van der Waals surface area contributed by atoms with Gasteiger partial charge in [-0.15, -0.1) is 0 Å². The number of aliphatic hydroxyl groups excluding tert-OH is 2. The van der Waals surface area contributed by atoms with Gasteiger partial charge in [0, 0.05) is 13.0 Å². The van der Waals surface area contributed by atoms with Crippen molar-refractivity contribution in [3.8, 4) is 11.5 Å². The molecule has 6 nitrogen and oxygen atoms in total. The van der Waals surface area contributed by atoms with Crippen molar-refractivity contribution in [3.63, 3.8) is 0 Å². The molecule has 1 amide bonds. The second-order valence-electron chi connectivity index (χ2n) is 13.9. The number of aliphatic hydroxyl groups is 2. The van der Waals surface area contributed by atoms with Crippen LogP contribution in [0.25, 0.3) is 0 Å². The summed E-state index contributed by atoms with van der Waals surface area (Å²) in [5, 5.41) is 24.9. The molecule has 3 N–H and O–H groups in total. The third-order valence-corrected chi connectivity index (χ3v) is 12.2. The average Bonchev–Trinajstić information content (AvgIpc) is 3.28. The van der Waals surface area contributed by atoms with E-state index in [2.05, 4.69) is 26.1 Å². The summed E-state index contributed by atoms with van der Waals surface area (Å²) in [5.41, 5.74) is 1.50. The summed E-state index contributed by atoms with van der Waals surface area (Å²) in [5.74, 6) is 4.54. The van der Waals surface area contributed by atoms with Crippen LogP contribution >= 0.6 is 0 Å². The summed E-state index contributed by atoms with van der Waals surface area (Å²) >= 11 is 0. The largest absolute Gasteiger partial charge is 0.493 e. The Morgan fingerprint density at radius 1 is 1.00 bits per heavy atom. The van der Waals surface area contributed by atoms with Gasteiger partial charge in [-0.25, -0.2) is 0 Å². The van der Waals surface area contributed by atoms with Crippen molar-refractivity contribution in [1.29, 1.82) is 0 Å². The van der Waals surface area contributed by atoms with E-state index in [1.54, 1.807) is 14.2 Å². The molecule has 10 atom stereocenters. The molecule has 5 rings (SSSR count). The number of rotatable bonds is 8. The fourth-order valence-corrected chi connectivity index (χ4v) is 10.0. The molecule has 6 heteroatoms. The highest BCUT2D eigenvalue weighted by Gasteiger charge is 2.62. The molecule has 4 aliphatic rings. The highest BCUT2D eigenvalue weighted by Crippen LogP contribution is 2.68. The summed E-state index contributed by atoms with van der Waals surface area (Å²) in [7, 11) is 3.24. The van der Waals surface area contributed by atoms with E-state index in [-0.39, 0.29) is 28.9 Å². The molecule has 218 valence electrons. The zero-order valence-corrected chi connectivity index (χ0v) is 24.7. The SMILES string of the molecule is COc1ccc(CNC(=O)CC[C@@H](C)[C@@H]2CC[C@@H]3[C@H]4[C@@H](CC[C@@]32C)[C@@]2(C)CC[C@@H](O)C[C@@H]2C[C@@H]4O)cc1OC. The highest BCUT2D eigenvalue weighted by atomic mass is 16.5. The Bertz CT molecular complexity index is 1030. The first kappa shape index (κ1) is 28.7. The number of carbonyl (C=O) groups excluding carboxylic acids is 1. The zero-order valence-electron chi connectivity index (χ0n) is 24.7. The van der Waals surface area contributed by atoms with Gasteiger partial charge in [0.1, 0.15) is 0 Å². The summed E-state index contributed by atoms with van der Waals surface area (Å²) < 4.78 is 10.7. The lowest BCUT2D eigenvalue weighted by Crippen LogP contribution is -2.58. The summed E-state index contributed by atoms with van der Waals surface area (Å²) in [6.45, 7) is 7.81. The lowest BCUT2D eigenvalue weighted by molar-refractivity contribution is -0.174. The van der Waals surface area contributed by atoms with Gasteiger partial charge in [0.05, 0.1) is 26.4 Å². The minimum Gasteiger partial charge on any atom is -0.493 e. The molecule has 4 saturated carbocycles. The number of hydrogen-bond donors (Lipinski definition) is 3. The van der Waals surface area contributed by atoms with Crippen molar-refractivity contribution >= 4 is 5.91 Å². The molecule has 0 aliphatic heterocycles. The van der Waals surface area contributed by atoms with Crippen LogP contribution in [0, 0.1) is 46.3 Å². The maximum Gasteiger partial charge on any atom is 0.220 e. The Labute approximate surface area is 235 Å². The van der Waals surface area contributed by atoms with Crippen LogP contribution in [-0.2, 0) is 11.3 Å². The maximum atomic E-state index is 12.8. The van der Waals surface area contributed by atoms with Crippen molar-refractivity contribution in [1.82, 2.24) is 5.32 Å². The van der Waals surface area contributed by atoms with Crippen LogP contribution in [0.3, 0.4) is 0 Å². The van der Waals surface area contributed by atoms with Gasteiger partial charge in [-0.3, -0.25) is 4.79 Å². The number of methoxy groups -OCH3 is 2. The van der Waals surface area contributed by atoms with Crippen molar-refractivity contribution in [3.05, 3.63) is 23.8 Å². The summed E-state index contributed by atoms with van der Waals surface area (Å²) in [6.07, 6.45) is 9.63. The molecule has 0 aromatic heterocycles. The van der Waals surface area contributed by atoms with E-state index in [9.17, 15) is 15.0 Å². The Morgan fingerprint density at radius 2 is 1.72 bits per heavy atom. The van der Waals surface area contributed by atoms with E-state index in [0.717, 1.165) is 37.7 Å². The van der Waals surface area contributed by atoms with E-state index in [1.807, 2.05) is 18.2 Å². The van der Waals surface area contributed by atoms with Crippen molar-refractivity contribution in [2.24, 2.45) is 46.3 Å². The molecule has 0 heterocycles. The quantitative estimate of drug-likeness (QED) is 0.391. The first-order chi connectivity index (χ1) is 18.6. The van der Waals surface area contributed by atoms with E-state index in [1.165, 1.54) is 25.7 Å². The molecular weight excluding hydrogens is 490 g/mol. The molecule has 0 saturated heterocycles. The van der Waals surface area contributed by atoms with Crippen LogP contribution < -0.4 is 14.8 Å². The summed E-state index contributed by atoms with van der Waals surface area (Å²) in [4.78, 5) is 12.8. The molecule has 4 fully saturated rings. The fraction of sp³-hybridized carbons (Fsp3) is 0.788. The number of ether oxygens (including phenoxy) is 2. The molecule has 1 aromatic rings. The van der Waals surface area contributed by atoms with Crippen molar-refractivity contribution < 1.29 is 24.5 Å². The average molecular weight is 542 g/mol. The van der Waals surface area contributed by atoms with E-state index >= 15 is 0 Å². The minimum atomic E-state index is -0.237. The lowest BCUT2D eigenvalue weighted by Gasteiger charge is -2.62. The normalized spacial score (nSPS) is 40.1. The molecule has 0 bridgehead atoms. The maximum absolute atomic E-state index is 12.8. The van der Waals surface area contributed by atoms with E-state index < -0.39 is 0 Å². The predicted molar refractivity (Wildman–Crippen MR) is 152 cm³/mol. The number of benzene rings is 1. The summed E-state index contributed by atoms with van der Waals surface area (Å²) in [6, 6.07) is 5.74. The van der Waals surface area contributed by atoms with Crippen LogP contribution in [0.2, 0.25) is 0 Å². The number of fused-ring (bicyclic) bond motifs is 5. The van der Waals surface area contributed by atoms with Crippen LogP contribution in [0.5, 0.6) is 11.5 Å². The van der Waals surface area contributed by atoms with Gasteiger partial charge in [-0.05, 0) is 122 Å². The number of hydrogen-bond acceptors (Lipinski definition) is 5. The van der Waals surface area contributed by atoms with Crippen LogP contribution in [0.4, 0.5) is 0 Å². The second-order valence-corrected chi connectivity index (χ2v) is 13.9. The third-order valence-electron chi connectivity index (χ3n) is 12.2. The van der Waals surface area contributed by atoms with Crippen molar-refractivity contribution in [2.75, 3.05) is 14.2 Å². The molecular formula is C33H51NO5. The topological polar surface area (TPSA) is 88.0 Å². The Balaban J connectivity index is 1.18. The van der Waals surface area contributed by atoms with Gasteiger partial charge in [0.2, 0.25) is 5.91 Å². The number of nitrogens with one attached hydrogen (secondary N) is 1. The lowest BCUT2D eigenvalue weighted by atomic mass is 9.43. The smallest absolute Gasteiger partial charge is 0.220 e. The van der Waals surface area contributed by atoms with Crippen molar-refractivity contribution in [2.45, 2.75) is 104 Å². The van der Waals surface area contributed by atoms with Gasteiger partial charge in [-0.1, -0.05) is 26.8 Å². The van der Waals surface area contributed by atoms with Gasteiger partial charge in [-0.2, -0.15) is 0 Å². The van der Waals surface area contributed by atoms with E-state index in [4.69, 9.17) is 9.47 Å². The molecule has 1 aromatic carbocycles. The molecule has 0 spiro atoms. The number of amides is 1. The fourth-order valence-electron chi connectivity index (χ4n) is 10.0. The second kappa shape index (κ2) is 11.2. The first-order valence-corrected chi connectivity index (χ1v) is 15.4. The van der Waals surface area contributed by atoms with Gasteiger partial charge >= 0.3 is 0 Å². The molecule has 0 radical (unpaired) electrons. The Kier molecular flexibility index (Phi) is 8.28. The predicted octanol–water partition coefficient (Wildman–Crippen LogP) is 5.73. The minimum absolute atomic E-state index is 0.0983. The monoisotopic (exact) mass is 541 g/mol. The van der Waals surface area contributed by atoms with E-state index in [0.29, 0.717) is 60.0 Å². The zero-order chi connectivity index (χ0) is 27.9. The van der Waals surface area contributed by atoms with Crippen LogP contribution in [0.1, 0.15) is 90.5 Å². The molecule has 0 unspecified atom stereocenters. The third kappa shape index (κ3) is 5.21.